The Morgan fingerprint density at radius 2 is 1.73 bits per heavy atom. The summed E-state index contributed by atoms with van der Waals surface area (Å²) in [6.45, 7) is 8.98. The van der Waals surface area contributed by atoms with Gasteiger partial charge in [-0.15, -0.1) is 10.1 Å². The predicted molar refractivity (Wildman–Crippen MR) is 60.0 cm³/mol. The van der Waals surface area contributed by atoms with E-state index in [-0.39, 0.29) is 0 Å². The number of hydrogen-bond acceptors (Lipinski definition) is 4. The fourth-order valence-corrected chi connectivity index (χ4v) is 4.36. The van der Waals surface area contributed by atoms with Gasteiger partial charge in [-0.2, -0.15) is 0 Å². The highest BCUT2D eigenvalue weighted by Crippen LogP contribution is 2.56. The van der Waals surface area contributed by atoms with Crippen molar-refractivity contribution in [3.05, 3.63) is 10.1 Å². The van der Waals surface area contributed by atoms with E-state index in [1.165, 1.54) is 0 Å². The predicted octanol–water partition coefficient (Wildman–Crippen LogP) is 2.97. The Morgan fingerprint density at radius 3 is 1.93 bits per heavy atom. The molecule has 0 radical (unpaired) electrons. The van der Waals surface area contributed by atoms with Gasteiger partial charge in [0.1, 0.15) is 7.14 Å². The summed E-state index contributed by atoms with van der Waals surface area (Å²) >= 11 is 0. The summed E-state index contributed by atoms with van der Waals surface area (Å²) in [6, 6.07) is 0. The minimum absolute atomic E-state index is 0.430. The molecule has 0 aromatic heterocycles. The van der Waals surface area contributed by atoms with Crippen molar-refractivity contribution in [2.45, 2.75) is 40.5 Å². The Balaban J connectivity index is 5.10. The molecule has 0 aliphatic rings. The normalized spacial score (nSPS) is 14.7. The third-order valence-electron chi connectivity index (χ3n) is 2.42. The minimum atomic E-state index is -2.63. The summed E-state index contributed by atoms with van der Waals surface area (Å²) in [4.78, 5) is 15.0. The van der Waals surface area contributed by atoms with Crippen LogP contribution in [0.15, 0.2) is 0 Å². The molecule has 15 heavy (non-hydrogen) atoms. The highest BCUT2D eigenvalue weighted by Gasteiger charge is 2.41. The zero-order valence-electron chi connectivity index (χ0n) is 10.0. The van der Waals surface area contributed by atoms with E-state index in [0.717, 1.165) is 0 Å². The van der Waals surface area contributed by atoms with Crippen LogP contribution in [-0.4, -0.2) is 23.3 Å². The van der Waals surface area contributed by atoms with Gasteiger partial charge in [0.05, 0.1) is 0 Å². The lowest BCUT2D eigenvalue weighted by molar-refractivity contribution is -0.765. The largest absolute Gasteiger partial charge is 0.321 e. The Hall–Kier alpha value is -0.570. The van der Waals surface area contributed by atoms with E-state index in [1.807, 2.05) is 0 Å². The van der Waals surface area contributed by atoms with Crippen molar-refractivity contribution < 1.29 is 14.5 Å². The average Bonchev–Trinajstić information content (AvgIpc) is 2.11. The van der Waals surface area contributed by atoms with Crippen LogP contribution in [0.1, 0.15) is 34.6 Å². The Kier molecular flexibility index (Phi) is 4.78. The van der Waals surface area contributed by atoms with E-state index >= 15 is 0 Å². The molecule has 0 N–H and O–H groups in total. The van der Waals surface area contributed by atoms with Gasteiger partial charge in [0.2, 0.25) is 0 Å². The molecule has 1 unspecified atom stereocenters. The van der Waals surface area contributed by atoms with Crippen LogP contribution in [0.25, 0.3) is 0 Å². The monoisotopic (exact) mass is 237 g/mol. The van der Waals surface area contributed by atoms with Gasteiger partial charge in [0.15, 0.2) is 5.85 Å². The molecule has 0 aliphatic carbocycles. The quantitative estimate of drug-likeness (QED) is 0.418. The lowest BCUT2D eigenvalue weighted by Crippen LogP contribution is -2.32. The van der Waals surface area contributed by atoms with Crippen LogP contribution < -0.4 is 0 Å². The molecule has 0 saturated heterocycles. The van der Waals surface area contributed by atoms with E-state index in [1.54, 1.807) is 34.6 Å². The van der Waals surface area contributed by atoms with E-state index in [0.29, 0.717) is 12.3 Å². The molecule has 0 saturated carbocycles. The van der Waals surface area contributed by atoms with Crippen molar-refractivity contribution in [1.29, 1.82) is 0 Å². The van der Waals surface area contributed by atoms with Crippen LogP contribution in [0.2, 0.25) is 0 Å². The average molecular weight is 237 g/mol. The van der Waals surface area contributed by atoms with Crippen LogP contribution in [0.5, 0.6) is 0 Å². The Labute approximate surface area is 90.7 Å². The molecule has 0 spiro atoms. The van der Waals surface area contributed by atoms with E-state index in [9.17, 15) is 14.7 Å². The van der Waals surface area contributed by atoms with E-state index in [2.05, 4.69) is 4.84 Å². The molecule has 0 rings (SSSR count). The highest BCUT2D eigenvalue weighted by molar-refractivity contribution is 7.64. The first-order valence-electron chi connectivity index (χ1n) is 5.06. The molecular formula is C9H20NO4P. The fourth-order valence-electron chi connectivity index (χ4n) is 1.59. The van der Waals surface area contributed by atoms with Crippen LogP contribution in [-0.2, 0) is 9.40 Å². The summed E-state index contributed by atoms with van der Waals surface area (Å²) in [5.74, 6) is -0.810. The van der Waals surface area contributed by atoms with Gasteiger partial charge in [0, 0.05) is 12.3 Å². The highest BCUT2D eigenvalue weighted by atomic mass is 31.2. The second kappa shape index (κ2) is 4.97. The summed E-state index contributed by atoms with van der Waals surface area (Å²) in [6.07, 6.45) is 0.860. The molecule has 5 nitrogen and oxygen atoms in total. The third-order valence-corrected chi connectivity index (χ3v) is 6.29. The van der Waals surface area contributed by atoms with Crippen molar-refractivity contribution in [1.82, 2.24) is 0 Å². The lowest BCUT2D eigenvalue weighted by Gasteiger charge is -2.34. The van der Waals surface area contributed by atoms with Gasteiger partial charge < -0.3 is 9.40 Å². The molecule has 0 bridgehead atoms. The van der Waals surface area contributed by atoms with Crippen molar-refractivity contribution in [3.63, 3.8) is 0 Å². The van der Waals surface area contributed by atoms with Gasteiger partial charge in [-0.1, -0.05) is 34.6 Å². The van der Waals surface area contributed by atoms with Crippen LogP contribution >= 0.6 is 7.14 Å². The van der Waals surface area contributed by atoms with Crippen molar-refractivity contribution in [2.75, 3.05) is 12.3 Å². The van der Waals surface area contributed by atoms with E-state index in [4.69, 9.17) is 0 Å². The van der Waals surface area contributed by atoms with Crippen molar-refractivity contribution >= 4 is 7.14 Å². The van der Waals surface area contributed by atoms with Crippen LogP contribution in [0, 0.1) is 15.5 Å². The molecule has 0 fully saturated rings. The molecule has 6 heteroatoms. The van der Waals surface area contributed by atoms with Gasteiger partial charge in [-0.05, 0) is 5.41 Å². The Bertz CT molecular complexity index is 264. The first-order valence-corrected chi connectivity index (χ1v) is 7.21. The first kappa shape index (κ1) is 14.4. The zero-order valence-corrected chi connectivity index (χ0v) is 10.9. The molecule has 1 atom stereocenters. The zero-order chi connectivity index (χ0) is 12.3. The Morgan fingerprint density at radius 1 is 1.33 bits per heavy atom. The first-order chi connectivity index (χ1) is 6.67. The maximum Gasteiger partial charge on any atom is 0.295 e. The van der Waals surface area contributed by atoms with Crippen molar-refractivity contribution in [2.24, 2.45) is 5.41 Å². The van der Waals surface area contributed by atoms with Crippen LogP contribution in [0.3, 0.4) is 0 Å². The SMILES string of the molecule is CCP(=O)(CC)C(O[N+](=O)[O-])C(C)(C)C. The van der Waals surface area contributed by atoms with Gasteiger partial charge in [-0.25, -0.2) is 0 Å². The third kappa shape index (κ3) is 3.82. The topological polar surface area (TPSA) is 69.4 Å². The molecule has 0 aromatic carbocycles. The molecule has 0 aromatic rings. The lowest BCUT2D eigenvalue weighted by atomic mass is 9.98. The molecule has 0 aliphatic heterocycles. The van der Waals surface area contributed by atoms with Crippen LogP contribution in [0.4, 0.5) is 0 Å². The maximum atomic E-state index is 12.4. The standard InChI is InChI=1S/C9H20NO4P/c1-6-15(13,7-2)8(9(3,4)5)14-10(11)12/h8H,6-7H2,1-5H3. The second-order valence-corrected chi connectivity index (χ2v) is 8.27. The summed E-state index contributed by atoms with van der Waals surface area (Å²) < 4.78 is 12.4. The molecule has 90 valence electrons. The number of rotatable bonds is 5. The van der Waals surface area contributed by atoms with Gasteiger partial charge >= 0.3 is 0 Å². The second-order valence-electron chi connectivity index (χ2n) is 4.63. The number of hydrogen-bond donors (Lipinski definition) is 0. The van der Waals surface area contributed by atoms with Crippen molar-refractivity contribution in [3.8, 4) is 0 Å². The fraction of sp³-hybridized carbons (Fsp3) is 1.00. The maximum absolute atomic E-state index is 12.4. The van der Waals surface area contributed by atoms with Gasteiger partial charge in [0.25, 0.3) is 5.09 Å². The summed E-state index contributed by atoms with van der Waals surface area (Å²) in [7, 11) is -2.63. The molecular weight excluding hydrogens is 217 g/mol. The van der Waals surface area contributed by atoms with E-state index < -0.39 is 23.5 Å². The smallest absolute Gasteiger partial charge is 0.295 e. The number of nitrogens with zero attached hydrogens (tertiary/aromatic N) is 1. The summed E-state index contributed by atoms with van der Waals surface area (Å²) in [5.41, 5.74) is -0.491. The van der Waals surface area contributed by atoms with Gasteiger partial charge in [-0.3, -0.25) is 0 Å². The minimum Gasteiger partial charge on any atom is -0.321 e. The summed E-state index contributed by atoms with van der Waals surface area (Å²) in [5, 5.41) is 9.56. The molecule has 0 heterocycles. The molecule has 0 amide bonds.